The van der Waals surface area contributed by atoms with E-state index in [1.807, 2.05) is 24.3 Å². The van der Waals surface area contributed by atoms with Gasteiger partial charge in [-0.1, -0.05) is 40.2 Å². The molecule has 0 saturated carbocycles. The number of hydrogen-bond acceptors (Lipinski definition) is 2. The molecule has 1 N–H and O–H groups in total. The number of Topliss-reactive ketones (excluding diaryl/α,β-unsaturated/α-hetero) is 1. The van der Waals surface area contributed by atoms with Gasteiger partial charge in [-0.3, -0.25) is 9.59 Å². The second kappa shape index (κ2) is 6.99. The Hall–Kier alpha value is -2.20. The third kappa shape index (κ3) is 4.68. The molecule has 0 fully saturated rings. The summed E-state index contributed by atoms with van der Waals surface area (Å²) in [6.45, 7) is 1.49. The Morgan fingerprint density at radius 2 is 1.81 bits per heavy atom. The summed E-state index contributed by atoms with van der Waals surface area (Å²) in [7, 11) is 0. The molecule has 3 nitrogen and oxygen atoms in total. The maximum absolute atomic E-state index is 11.8. The van der Waals surface area contributed by atoms with E-state index < -0.39 is 0 Å². The highest BCUT2D eigenvalue weighted by Crippen LogP contribution is 2.13. The van der Waals surface area contributed by atoms with E-state index in [4.69, 9.17) is 0 Å². The zero-order valence-electron chi connectivity index (χ0n) is 11.5. The summed E-state index contributed by atoms with van der Waals surface area (Å²) in [5.74, 6) is -0.268. The molecule has 0 aliphatic heterocycles. The Balaban J connectivity index is 2.03. The third-order valence-corrected chi connectivity index (χ3v) is 3.36. The van der Waals surface area contributed by atoms with Gasteiger partial charge in [-0.2, -0.15) is 0 Å². The highest BCUT2D eigenvalue weighted by Gasteiger charge is 2.02. The van der Waals surface area contributed by atoms with Gasteiger partial charge in [0, 0.05) is 21.8 Å². The minimum absolute atomic E-state index is 0.0310. The molecule has 0 aliphatic rings. The van der Waals surface area contributed by atoms with E-state index in [0.29, 0.717) is 11.3 Å². The number of rotatable bonds is 4. The Kier molecular flexibility index (Phi) is 5.06. The summed E-state index contributed by atoms with van der Waals surface area (Å²) in [5, 5.41) is 2.73. The van der Waals surface area contributed by atoms with E-state index in [9.17, 15) is 9.59 Å². The summed E-state index contributed by atoms with van der Waals surface area (Å²) in [5.41, 5.74) is 2.11. The van der Waals surface area contributed by atoms with Crippen molar-refractivity contribution in [2.75, 3.05) is 5.32 Å². The smallest absolute Gasteiger partial charge is 0.248 e. The molecular formula is C17H14BrNO2. The van der Waals surface area contributed by atoms with Crippen LogP contribution in [-0.2, 0) is 4.79 Å². The lowest BCUT2D eigenvalue weighted by Gasteiger charge is -2.03. The molecule has 4 heteroatoms. The van der Waals surface area contributed by atoms with Crippen LogP contribution in [0.2, 0.25) is 0 Å². The zero-order chi connectivity index (χ0) is 15.2. The van der Waals surface area contributed by atoms with Gasteiger partial charge in [0.25, 0.3) is 0 Å². The molecule has 0 heterocycles. The van der Waals surface area contributed by atoms with Crippen LogP contribution >= 0.6 is 15.9 Å². The fourth-order valence-electron chi connectivity index (χ4n) is 1.75. The highest BCUT2D eigenvalue weighted by atomic mass is 79.9. The molecule has 2 aromatic rings. The number of amides is 1. The van der Waals surface area contributed by atoms with Crippen molar-refractivity contribution < 1.29 is 9.59 Å². The van der Waals surface area contributed by atoms with Gasteiger partial charge in [0.1, 0.15) is 0 Å². The molecule has 0 aliphatic carbocycles. The quantitative estimate of drug-likeness (QED) is 0.664. The predicted molar refractivity (Wildman–Crippen MR) is 88.3 cm³/mol. The van der Waals surface area contributed by atoms with Crippen molar-refractivity contribution in [1.82, 2.24) is 0 Å². The number of nitrogens with one attached hydrogen (secondary N) is 1. The van der Waals surface area contributed by atoms with Crippen LogP contribution in [0.15, 0.2) is 59.1 Å². The fourth-order valence-corrected chi connectivity index (χ4v) is 2.01. The number of halogens is 1. The molecule has 21 heavy (non-hydrogen) atoms. The number of ketones is 1. The number of benzene rings is 2. The summed E-state index contributed by atoms with van der Waals surface area (Å²) in [4.78, 5) is 23.1. The molecule has 0 unspecified atom stereocenters. The Morgan fingerprint density at radius 1 is 1.10 bits per heavy atom. The Labute approximate surface area is 131 Å². The molecule has 0 saturated heterocycles. The van der Waals surface area contributed by atoms with Gasteiger partial charge in [0.15, 0.2) is 5.78 Å². The van der Waals surface area contributed by atoms with Gasteiger partial charge in [-0.25, -0.2) is 0 Å². The van der Waals surface area contributed by atoms with Crippen LogP contribution in [0.4, 0.5) is 5.69 Å². The monoisotopic (exact) mass is 343 g/mol. The molecule has 106 valence electrons. The van der Waals surface area contributed by atoms with E-state index in [1.165, 1.54) is 13.0 Å². The highest BCUT2D eigenvalue weighted by molar-refractivity contribution is 9.10. The average Bonchev–Trinajstić information content (AvgIpc) is 2.47. The normalized spacial score (nSPS) is 10.6. The van der Waals surface area contributed by atoms with Crippen LogP contribution in [-0.4, -0.2) is 11.7 Å². The van der Waals surface area contributed by atoms with Crippen molar-refractivity contribution in [2.24, 2.45) is 0 Å². The molecule has 0 radical (unpaired) electrons. The van der Waals surface area contributed by atoms with Crippen LogP contribution < -0.4 is 5.32 Å². The molecule has 0 atom stereocenters. The SMILES string of the molecule is CC(=O)c1cccc(NC(=O)/C=C/c2ccc(Br)cc2)c1. The van der Waals surface area contributed by atoms with Crippen molar-refractivity contribution in [2.45, 2.75) is 6.92 Å². The van der Waals surface area contributed by atoms with E-state index in [0.717, 1.165) is 10.0 Å². The number of anilines is 1. The van der Waals surface area contributed by atoms with Crippen LogP contribution in [0.1, 0.15) is 22.8 Å². The number of hydrogen-bond donors (Lipinski definition) is 1. The van der Waals surface area contributed by atoms with Gasteiger partial charge in [0.05, 0.1) is 0 Å². The van der Waals surface area contributed by atoms with Crippen LogP contribution in [0.3, 0.4) is 0 Å². The van der Waals surface area contributed by atoms with E-state index >= 15 is 0 Å². The summed E-state index contributed by atoms with van der Waals surface area (Å²) >= 11 is 3.36. The molecular weight excluding hydrogens is 330 g/mol. The standard InChI is InChI=1S/C17H14BrNO2/c1-12(20)14-3-2-4-16(11-14)19-17(21)10-7-13-5-8-15(18)9-6-13/h2-11H,1H3,(H,19,21)/b10-7+. The van der Waals surface area contributed by atoms with Crippen LogP contribution in [0.5, 0.6) is 0 Å². The van der Waals surface area contributed by atoms with E-state index in [-0.39, 0.29) is 11.7 Å². The second-order valence-corrected chi connectivity index (χ2v) is 5.43. The molecule has 1 amide bonds. The first-order valence-corrected chi connectivity index (χ1v) is 7.19. The molecule has 0 spiro atoms. The summed E-state index contributed by atoms with van der Waals surface area (Å²) < 4.78 is 0.991. The first-order valence-electron chi connectivity index (χ1n) is 6.40. The predicted octanol–water partition coefficient (Wildman–Crippen LogP) is 4.30. The van der Waals surface area contributed by atoms with Crippen molar-refractivity contribution in [3.05, 3.63) is 70.2 Å². The minimum atomic E-state index is -0.237. The average molecular weight is 344 g/mol. The lowest BCUT2D eigenvalue weighted by atomic mass is 10.1. The van der Waals surface area contributed by atoms with Crippen LogP contribution in [0.25, 0.3) is 6.08 Å². The van der Waals surface area contributed by atoms with Crippen LogP contribution in [0, 0.1) is 0 Å². The Morgan fingerprint density at radius 3 is 2.48 bits per heavy atom. The first-order chi connectivity index (χ1) is 10.0. The molecule has 2 aromatic carbocycles. The maximum atomic E-state index is 11.8. The van der Waals surface area contributed by atoms with E-state index in [2.05, 4.69) is 21.2 Å². The molecule has 2 rings (SSSR count). The van der Waals surface area contributed by atoms with Gasteiger partial charge in [0.2, 0.25) is 5.91 Å². The lowest BCUT2D eigenvalue weighted by Crippen LogP contribution is -2.08. The van der Waals surface area contributed by atoms with Gasteiger partial charge < -0.3 is 5.32 Å². The molecule has 0 aromatic heterocycles. The number of carbonyl (C=O) groups is 2. The van der Waals surface area contributed by atoms with Gasteiger partial charge in [-0.15, -0.1) is 0 Å². The Bertz CT molecular complexity index is 690. The van der Waals surface area contributed by atoms with Crippen molar-refractivity contribution in [3.63, 3.8) is 0 Å². The third-order valence-electron chi connectivity index (χ3n) is 2.83. The second-order valence-electron chi connectivity index (χ2n) is 4.51. The maximum Gasteiger partial charge on any atom is 0.248 e. The fraction of sp³-hybridized carbons (Fsp3) is 0.0588. The summed E-state index contributed by atoms with van der Waals surface area (Å²) in [6, 6.07) is 14.5. The zero-order valence-corrected chi connectivity index (χ0v) is 13.1. The van der Waals surface area contributed by atoms with Crippen molar-refractivity contribution >= 4 is 39.4 Å². The minimum Gasteiger partial charge on any atom is -0.322 e. The van der Waals surface area contributed by atoms with Gasteiger partial charge in [-0.05, 0) is 42.8 Å². The lowest BCUT2D eigenvalue weighted by molar-refractivity contribution is -0.111. The van der Waals surface area contributed by atoms with E-state index in [1.54, 1.807) is 30.3 Å². The topological polar surface area (TPSA) is 46.2 Å². The summed E-state index contributed by atoms with van der Waals surface area (Å²) in [6.07, 6.45) is 3.19. The first kappa shape index (κ1) is 15.2. The van der Waals surface area contributed by atoms with Crippen molar-refractivity contribution in [3.8, 4) is 0 Å². The number of carbonyl (C=O) groups excluding carboxylic acids is 2. The molecule has 0 bridgehead atoms. The van der Waals surface area contributed by atoms with Crippen molar-refractivity contribution in [1.29, 1.82) is 0 Å². The van der Waals surface area contributed by atoms with Gasteiger partial charge >= 0.3 is 0 Å². The largest absolute Gasteiger partial charge is 0.322 e.